The van der Waals surface area contributed by atoms with E-state index in [2.05, 4.69) is 59.9 Å². The number of benzene rings is 1. The number of halogens is 1. The summed E-state index contributed by atoms with van der Waals surface area (Å²) in [6.45, 7) is 11.8. The minimum atomic E-state index is -1.84. The fourth-order valence-corrected chi connectivity index (χ4v) is 3.46. The van der Waals surface area contributed by atoms with Crippen molar-refractivity contribution in [3.8, 4) is 11.4 Å². The molecule has 1 aromatic carbocycles. The van der Waals surface area contributed by atoms with Crippen molar-refractivity contribution in [2.75, 3.05) is 0 Å². The van der Waals surface area contributed by atoms with Gasteiger partial charge in [-0.15, -0.1) is 5.10 Å². The molecule has 1 aromatic heterocycles. The third-order valence-electron chi connectivity index (χ3n) is 4.54. The molecule has 0 amide bonds. The zero-order chi connectivity index (χ0) is 17.7. The predicted octanol–water partition coefficient (Wildman–Crippen LogP) is 4.44. The summed E-state index contributed by atoms with van der Waals surface area (Å²) in [5, 5.41) is 4.74. The first kappa shape index (κ1) is 15.4. The maximum absolute atomic E-state index is 7.85. The quantitative estimate of drug-likeness (QED) is 0.719. The minimum absolute atomic E-state index is 0.150. The predicted molar refractivity (Wildman–Crippen MR) is 95.4 cm³/mol. The number of nitrogens with zero attached hydrogens (tertiary/aromatic N) is 3. The van der Waals surface area contributed by atoms with E-state index in [1.54, 1.807) is 10.7 Å². The Kier molecular flexibility index (Phi) is 3.82. The molecule has 0 saturated heterocycles. The highest BCUT2D eigenvalue weighted by molar-refractivity contribution is 9.10. The molecule has 124 valence electrons. The Labute approximate surface area is 147 Å². The number of fused-ring (bicyclic) bond motifs is 3. The van der Waals surface area contributed by atoms with Crippen LogP contribution in [-0.2, 0) is 17.6 Å². The molecule has 0 unspecified atom stereocenters. The molecule has 0 fully saturated rings. The van der Waals surface area contributed by atoms with Crippen molar-refractivity contribution < 1.29 is 10.5 Å². The van der Waals surface area contributed by atoms with Gasteiger partial charge in [0.25, 0.3) is 0 Å². The Morgan fingerprint density at radius 3 is 2.91 bits per heavy atom. The van der Waals surface area contributed by atoms with Crippen LogP contribution in [0.3, 0.4) is 0 Å². The van der Waals surface area contributed by atoms with E-state index in [0.29, 0.717) is 35.3 Å². The normalized spacial score (nSPS) is 14.8. The number of hydrogen-bond donors (Lipinski definition) is 0. The smallest absolute Gasteiger partial charge is 0.192 e. The molecule has 23 heavy (non-hydrogen) atoms. The van der Waals surface area contributed by atoms with E-state index < -0.39 is 8.32 Å². The number of aromatic nitrogens is 3. The number of ether oxygens (including phenoxy) is 1. The van der Waals surface area contributed by atoms with Gasteiger partial charge >= 0.3 is 0 Å². The van der Waals surface area contributed by atoms with Crippen LogP contribution in [0.4, 0.5) is 0 Å². The van der Waals surface area contributed by atoms with Gasteiger partial charge in [0.15, 0.2) is 25.7 Å². The van der Waals surface area contributed by atoms with Crippen LogP contribution >= 0.6 is 15.9 Å². The highest BCUT2D eigenvalue weighted by Gasteiger charge is 2.37. The molecule has 5 nitrogen and oxygen atoms in total. The van der Waals surface area contributed by atoms with Crippen LogP contribution in [0.5, 0.6) is 5.75 Å². The molecular weight excluding hydrogens is 374 g/mol. The van der Waals surface area contributed by atoms with E-state index in [4.69, 9.17) is 10.5 Å². The lowest BCUT2D eigenvalue weighted by atomic mass is 10.2. The van der Waals surface area contributed by atoms with Crippen molar-refractivity contribution in [3.05, 3.63) is 34.3 Å². The summed E-state index contributed by atoms with van der Waals surface area (Å²) in [6, 6.07) is 3.94. The van der Waals surface area contributed by atoms with Crippen LogP contribution in [0.15, 0.2) is 22.6 Å². The maximum atomic E-state index is 7.85. The van der Waals surface area contributed by atoms with Gasteiger partial charge in [0.05, 0.1) is 12.5 Å². The molecule has 0 atom stereocenters. The van der Waals surface area contributed by atoms with Crippen molar-refractivity contribution in [1.82, 2.24) is 14.8 Å². The summed E-state index contributed by atoms with van der Waals surface area (Å²) < 4.78 is 22.2. The van der Waals surface area contributed by atoms with E-state index in [1.165, 1.54) is 0 Å². The van der Waals surface area contributed by atoms with Crippen molar-refractivity contribution in [1.29, 1.82) is 0 Å². The third-order valence-corrected chi connectivity index (χ3v) is 9.61. The lowest BCUT2D eigenvalue weighted by Gasteiger charge is -2.35. The SMILES string of the molecule is [2H]c1ccc2c(c1Br)OCc1nc(CO[Si](C)(C)C(C)(C)C)nn1-2. The van der Waals surface area contributed by atoms with E-state index in [1.807, 2.05) is 6.07 Å². The van der Waals surface area contributed by atoms with Crippen molar-refractivity contribution >= 4 is 24.2 Å². The number of rotatable bonds is 3. The molecule has 1 aliphatic rings. The van der Waals surface area contributed by atoms with Gasteiger partial charge in [-0.05, 0) is 46.2 Å². The Bertz CT molecular complexity index is 786. The van der Waals surface area contributed by atoms with Gasteiger partial charge in [0, 0.05) is 0 Å². The van der Waals surface area contributed by atoms with Crippen LogP contribution in [-0.4, -0.2) is 23.1 Å². The molecule has 0 spiro atoms. The van der Waals surface area contributed by atoms with Gasteiger partial charge < -0.3 is 9.16 Å². The van der Waals surface area contributed by atoms with Gasteiger partial charge in [-0.1, -0.05) is 26.8 Å². The van der Waals surface area contributed by atoms with Crippen LogP contribution in [0, 0.1) is 0 Å². The van der Waals surface area contributed by atoms with Crippen LogP contribution in [0.1, 0.15) is 33.8 Å². The van der Waals surface area contributed by atoms with Gasteiger partial charge in [-0.25, -0.2) is 9.67 Å². The maximum Gasteiger partial charge on any atom is 0.192 e. The fourth-order valence-electron chi connectivity index (χ4n) is 2.09. The molecule has 7 heteroatoms. The summed E-state index contributed by atoms with van der Waals surface area (Å²) in [4.78, 5) is 4.55. The van der Waals surface area contributed by atoms with Crippen LogP contribution in [0.2, 0.25) is 18.1 Å². The summed E-state index contributed by atoms with van der Waals surface area (Å²) >= 11 is 3.41. The molecule has 0 saturated carbocycles. The average Bonchev–Trinajstić information content (AvgIpc) is 2.91. The number of para-hydroxylation sites is 1. The molecule has 0 bridgehead atoms. The van der Waals surface area contributed by atoms with Crippen LogP contribution < -0.4 is 4.74 Å². The third kappa shape index (κ3) is 3.09. The summed E-state index contributed by atoms with van der Waals surface area (Å²) in [6.07, 6.45) is 0. The van der Waals surface area contributed by atoms with Gasteiger partial charge in [0.1, 0.15) is 12.3 Å². The highest BCUT2D eigenvalue weighted by atomic mass is 79.9. The van der Waals surface area contributed by atoms with Gasteiger partial charge in [-0.2, -0.15) is 0 Å². The zero-order valence-electron chi connectivity index (χ0n) is 15.1. The molecule has 0 aliphatic carbocycles. The first-order valence-corrected chi connectivity index (χ1v) is 11.3. The molecule has 1 aliphatic heterocycles. The Balaban J connectivity index is 1.87. The largest absolute Gasteiger partial charge is 0.482 e. The average molecular weight is 397 g/mol. The van der Waals surface area contributed by atoms with Crippen LogP contribution in [0.25, 0.3) is 5.69 Å². The first-order chi connectivity index (χ1) is 11.1. The summed E-state index contributed by atoms with van der Waals surface area (Å²) in [5.41, 5.74) is 0.796. The topological polar surface area (TPSA) is 49.2 Å². The van der Waals surface area contributed by atoms with E-state index >= 15 is 0 Å². The second-order valence-corrected chi connectivity index (χ2v) is 12.8. The second-order valence-electron chi connectivity index (χ2n) is 7.20. The molecule has 3 rings (SSSR count). The van der Waals surface area contributed by atoms with Crippen molar-refractivity contribution in [2.24, 2.45) is 0 Å². The van der Waals surface area contributed by atoms with Crippen molar-refractivity contribution in [2.45, 2.75) is 52.1 Å². The fraction of sp³-hybridized carbons (Fsp3) is 0.500. The molecule has 0 radical (unpaired) electrons. The van der Waals surface area contributed by atoms with Crippen molar-refractivity contribution in [3.63, 3.8) is 0 Å². The summed E-state index contributed by atoms with van der Waals surface area (Å²) in [7, 11) is -1.84. The highest BCUT2D eigenvalue weighted by Crippen LogP contribution is 2.38. The molecule has 0 N–H and O–H groups in total. The Morgan fingerprint density at radius 2 is 2.22 bits per heavy atom. The molecule has 2 heterocycles. The standard InChI is InChI=1S/C16H22BrN3O2Si/c1-16(2,3)23(4,5)22-9-13-18-14-10-21-15-11(17)7-6-8-12(15)20(14)19-13/h6-8H,9-10H2,1-5H3/i7D. The monoisotopic (exact) mass is 396 g/mol. The second kappa shape index (κ2) is 5.72. The molecular formula is C16H22BrN3O2Si. The molecule has 2 aromatic rings. The Hall–Kier alpha value is -1.18. The van der Waals surface area contributed by atoms with E-state index in [-0.39, 0.29) is 5.04 Å². The van der Waals surface area contributed by atoms with E-state index in [9.17, 15) is 0 Å². The first-order valence-electron chi connectivity index (χ1n) is 8.11. The van der Waals surface area contributed by atoms with Gasteiger partial charge in [0.2, 0.25) is 0 Å². The minimum Gasteiger partial charge on any atom is -0.482 e. The Morgan fingerprint density at radius 1 is 1.48 bits per heavy atom. The zero-order valence-corrected chi connectivity index (χ0v) is 16.7. The lowest BCUT2D eigenvalue weighted by molar-refractivity contribution is 0.267. The summed E-state index contributed by atoms with van der Waals surface area (Å²) in [5.74, 6) is 2.05. The van der Waals surface area contributed by atoms with Gasteiger partial charge in [-0.3, -0.25) is 0 Å². The number of hydrogen-bond acceptors (Lipinski definition) is 4. The van der Waals surface area contributed by atoms with E-state index in [0.717, 1.165) is 11.5 Å². The lowest BCUT2D eigenvalue weighted by Crippen LogP contribution is -2.40.